The Kier molecular flexibility index (Phi) is 3.46. The quantitative estimate of drug-likeness (QED) is 0.710. The van der Waals surface area contributed by atoms with Crippen molar-refractivity contribution >= 4 is 11.5 Å². The minimum atomic E-state index is 0.466. The van der Waals surface area contributed by atoms with Gasteiger partial charge in [0.15, 0.2) is 5.65 Å². The summed E-state index contributed by atoms with van der Waals surface area (Å²) < 4.78 is 7.62. The lowest BCUT2D eigenvalue weighted by atomic mass is 10.1. The van der Waals surface area contributed by atoms with Crippen LogP contribution in [0.4, 0.5) is 5.82 Å². The maximum atomic E-state index is 5.91. The standard InChI is InChI=1S/C17H19N7O/c1-2-13-8-17(21-19-14(13)3-1)25-10-12-6-7-23(9-12)16-5-4-15-20-18-11-24(15)22-16/h4-5,8,11-12H,1-3,6-7,9-10H2. The number of hydrogen-bond acceptors (Lipinski definition) is 7. The van der Waals surface area contributed by atoms with Gasteiger partial charge in [0.1, 0.15) is 12.1 Å². The van der Waals surface area contributed by atoms with E-state index in [-0.39, 0.29) is 0 Å². The van der Waals surface area contributed by atoms with Gasteiger partial charge in [-0.15, -0.1) is 20.4 Å². The van der Waals surface area contributed by atoms with Crippen LogP contribution in [-0.4, -0.2) is 49.7 Å². The molecular weight excluding hydrogens is 318 g/mol. The highest BCUT2D eigenvalue weighted by molar-refractivity contribution is 5.45. The first-order valence-corrected chi connectivity index (χ1v) is 8.75. The van der Waals surface area contributed by atoms with Crippen molar-refractivity contribution in [1.29, 1.82) is 0 Å². The van der Waals surface area contributed by atoms with Crippen LogP contribution in [0.15, 0.2) is 24.5 Å². The molecule has 3 aromatic rings. The van der Waals surface area contributed by atoms with Gasteiger partial charge in [0, 0.05) is 25.1 Å². The summed E-state index contributed by atoms with van der Waals surface area (Å²) in [5.41, 5.74) is 3.19. The van der Waals surface area contributed by atoms with Gasteiger partial charge < -0.3 is 9.64 Å². The molecule has 3 aromatic heterocycles. The Bertz CT molecular complexity index is 909. The lowest BCUT2D eigenvalue weighted by Gasteiger charge is -2.17. The molecule has 2 aliphatic rings. The van der Waals surface area contributed by atoms with Crippen molar-refractivity contribution in [2.45, 2.75) is 25.7 Å². The first-order valence-electron chi connectivity index (χ1n) is 8.75. The summed E-state index contributed by atoms with van der Waals surface area (Å²) in [5.74, 6) is 2.07. The molecule has 1 aliphatic heterocycles. The first-order chi connectivity index (χ1) is 12.3. The molecule has 8 nitrogen and oxygen atoms in total. The molecular formula is C17H19N7O. The molecule has 1 aliphatic carbocycles. The molecule has 128 valence electrons. The van der Waals surface area contributed by atoms with Gasteiger partial charge >= 0.3 is 0 Å². The van der Waals surface area contributed by atoms with E-state index in [0.29, 0.717) is 18.4 Å². The third-order valence-electron chi connectivity index (χ3n) is 5.02. The van der Waals surface area contributed by atoms with Crippen molar-refractivity contribution in [2.75, 3.05) is 24.6 Å². The molecule has 0 saturated carbocycles. The zero-order valence-corrected chi connectivity index (χ0v) is 13.9. The summed E-state index contributed by atoms with van der Waals surface area (Å²) in [6.07, 6.45) is 6.02. The molecule has 0 N–H and O–H groups in total. The summed E-state index contributed by atoms with van der Waals surface area (Å²) in [4.78, 5) is 2.28. The summed E-state index contributed by atoms with van der Waals surface area (Å²) in [6, 6.07) is 6.00. The average Bonchev–Trinajstić information content (AvgIpc) is 3.38. The predicted octanol–water partition coefficient (Wildman–Crippen LogP) is 1.31. The molecule has 0 radical (unpaired) electrons. The normalized spacial score (nSPS) is 19.5. The van der Waals surface area contributed by atoms with Crippen molar-refractivity contribution in [3.63, 3.8) is 0 Å². The van der Waals surface area contributed by atoms with Crippen molar-refractivity contribution in [2.24, 2.45) is 5.92 Å². The van der Waals surface area contributed by atoms with Gasteiger partial charge in [0.25, 0.3) is 0 Å². The van der Waals surface area contributed by atoms with Crippen LogP contribution in [-0.2, 0) is 12.8 Å². The maximum absolute atomic E-state index is 5.91. The number of hydrogen-bond donors (Lipinski definition) is 0. The van der Waals surface area contributed by atoms with Crippen molar-refractivity contribution in [3.8, 4) is 5.88 Å². The Hall–Kier alpha value is -2.77. The molecule has 8 heteroatoms. The van der Waals surface area contributed by atoms with Crippen LogP contribution in [0.5, 0.6) is 5.88 Å². The lowest BCUT2D eigenvalue weighted by molar-refractivity contribution is 0.249. The molecule has 4 heterocycles. The second-order valence-corrected chi connectivity index (χ2v) is 6.75. The van der Waals surface area contributed by atoms with Crippen LogP contribution < -0.4 is 9.64 Å². The molecule has 0 amide bonds. The molecule has 1 atom stereocenters. The smallest absolute Gasteiger partial charge is 0.233 e. The Balaban J connectivity index is 1.22. The monoisotopic (exact) mass is 337 g/mol. The van der Waals surface area contributed by atoms with E-state index >= 15 is 0 Å². The van der Waals surface area contributed by atoms with Gasteiger partial charge in [0.05, 0.1) is 12.3 Å². The zero-order valence-electron chi connectivity index (χ0n) is 13.9. The highest BCUT2D eigenvalue weighted by atomic mass is 16.5. The Morgan fingerprint density at radius 2 is 2.16 bits per heavy atom. The van der Waals surface area contributed by atoms with Crippen molar-refractivity contribution in [3.05, 3.63) is 35.8 Å². The Morgan fingerprint density at radius 3 is 3.16 bits per heavy atom. The maximum Gasteiger partial charge on any atom is 0.233 e. The third kappa shape index (κ3) is 2.77. The van der Waals surface area contributed by atoms with E-state index in [1.807, 2.05) is 12.1 Å². The fourth-order valence-corrected chi connectivity index (χ4v) is 3.65. The SMILES string of the molecule is c1cc2nncn2nc1N1CCC(COc2cc3c(nn2)CCC3)C1. The van der Waals surface area contributed by atoms with Crippen LogP contribution in [0.2, 0.25) is 0 Å². The molecule has 0 bridgehead atoms. The van der Waals surface area contributed by atoms with E-state index < -0.39 is 0 Å². The highest BCUT2D eigenvalue weighted by Gasteiger charge is 2.25. The second kappa shape index (κ2) is 5.94. The summed E-state index contributed by atoms with van der Waals surface area (Å²) >= 11 is 0. The predicted molar refractivity (Wildman–Crippen MR) is 90.7 cm³/mol. The fraction of sp³-hybridized carbons (Fsp3) is 0.471. The minimum absolute atomic E-state index is 0.466. The molecule has 1 fully saturated rings. The van der Waals surface area contributed by atoms with Crippen molar-refractivity contribution < 1.29 is 4.74 Å². The Morgan fingerprint density at radius 1 is 1.16 bits per heavy atom. The number of aryl methyl sites for hydroxylation is 2. The van der Waals surface area contributed by atoms with Gasteiger partial charge in [-0.1, -0.05) is 0 Å². The average molecular weight is 337 g/mol. The summed E-state index contributed by atoms with van der Waals surface area (Å²) in [7, 11) is 0. The minimum Gasteiger partial charge on any atom is -0.476 e. The molecule has 0 spiro atoms. The van der Waals surface area contributed by atoms with Gasteiger partial charge in [-0.25, -0.2) is 0 Å². The molecule has 5 rings (SSSR count). The van der Waals surface area contributed by atoms with Gasteiger partial charge in [0.2, 0.25) is 5.88 Å². The van der Waals surface area contributed by atoms with Gasteiger partial charge in [-0.2, -0.15) is 9.61 Å². The number of rotatable bonds is 4. The lowest BCUT2D eigenvalue weighted by Crippen LogP contribution is -2.23. The van der Waals surface area contributed by atoms with E-state index in [2.05, 4.69) is 36.5 Å². The zero-order chi connectivity index (χ0) is 16.6. The van der Waals surface area contributed by atoms with Crippen molar-refractivity contribution in [1.82, 2.24) is 30.0 Å². The number of fused-ring (bicyclic) bond motifs is 2. The molecule has 25 heavy (non-hydrogen) atoms. The van der Waals surface area contributed by atoms with E-state index in [4.69, 9.17) is 4.74 Å². The number of aromatic nitrogens is 6. The van der Waals surface area contributed by atoms with Crippen LogP contribution in [0.3, 0.4) is 0 Å². The van der Waals surface area contributed by atoms with E-state index in [1.54, 1.807) is 10.8 Å². The van der Waals surface area contributed by atoms with Crippen LogP contribution >= 0.6 is 0 Å². The highest BCUT2D eigenvalue weighted by Crippen LogP contribution is 2.25. The largest absolute Gasteiger partial charge is 0.476 e. The van der Waals surface area contributed by atoms with E-state index in [0.717, 1.165) is 49.5 Å². The van der Waals surface area contributed by atoms with Crippen LogP contribution in [0, 0.1) is 5.92 Å². The molecule has 1 saturated heterocycles. The van der Waals surface area contributed by atoms with Crippen LogP contribution in [0.25, 0.3) is 5.65 Å². The van der Waals surface area contributed by atoms with E-state index in [9.17, 15) is 0 Å². The molecule has 0 aromatic carbocycles. The summed E-state index contributed by atoms with van der Waals surface area (Å²) in [6.45, 7) is 2.57. The molecule has 1 unspecified atom stereocenters. The van der Waals surface area contributed by atoms with Gasteiger partial charge in [-0.05, 0) is 43.4 Å². The number of nitrogens with zero attached hydrogens (tertiary/aromatic N) is 7. The fourth-order valence-electron chi connectivity index (χ4n) is 3.65. The second-order valence-electron chi connectivity index (χ2n) is 6.75. The van der Waals surface area contributed by atoms with Gasteiger partial charge in [-0.3, -0.25) is 0 Å². The summed E-state index contributed by atoms with van der Waals surface area (Å²) in [5, 5.41) is 20.9. The van der Waals surface area contributed by atoms with Crippen LogP contribution in [0.1, 0.15) is 24.1 Å². The topological polar surface area (TPSA) is 81.3 Å². The Labute approximate surface area is 144 Å². The third-order valence-corrected chi connectivity index (χ3v) is 5.02. The number of ether oxygens (including phenoxy) is 1. The number of anilines is 1. The van der Waals surface area contributed by atoms with E-state index in [1.165, 1.54) is 12.0 Å². The first kappa shape index (κ1) is 14.6.